The number of aryl methyl sites for hydroxylation is 1. The highest BCUT2D eigenvalue weighted by Gasteiger charge is 2.18. The molecule has 2 aromatic carbocycles. The first-order valence-electron chi connectivity index (χ1n) is 9.70. The van der Waals surface area contributed by atoms with Crippen molar-refractivity contribution < 1.29 is 4.39 Å². The van der Waals surface area contributed by atoms with E-state index in [0.717, 1.165) is 38.0 Å². The molecule has 0 aliphatic carbocycles. The van der Waals surface area contributed by atoms with E-state index in [1.807, 2.05) is 12.1 Å². The maximum atomic E-state index is 13.4. The molecule has 0 amide bonds. The van der Waals surface area contributed by atoms with Gasteiger partial charge in [0.25, 0.3) is 0 Å². The highest BCUT2D eigenvalue weighted by atomic mass is 35.5. The highest BCUT2D eigenvalue weighted by Crippen LogP contribution is 2.25. The summed E-state index contributed by atoms with van der Waals surface area (Å²) >= 11 is 5.89. The van der Waals surface area contributed by atoms with E-state index in [1.54, 1.807) is 6.07 Å². The van der Waals surface area contributed by atoms with Crippen LogP contribution >= 0.6 is 11.6 Å². The van der Waals surface area contributed by atoms with Crippen molar-refractivity contribution in [3.05, 3.63) is 58.9 Å². The van der Waals surface area contributed by atoms with Gasteiger partial charge in [0.2, 0.25) is 17.8 Å². The predicted octanol–water partition coefficient (Wildman–Crippen LogP) is 5.31. The van der Waals surface area contributed by atoms with Gasteiger partial charge in [0, 0.05) is 24.5 Å². The van der Waals surface area contributed by atoms with Crippen molar-refractivity contribution in [2.45, 2.75) is 26.2 Å². The van der Waals surface area contributed by atoms with Crippen LogP contribution in [0.2, 0.25) is 5.02 Å². The third-order valence-corrected chi connectivity index (χ3v) is 5.10. The summed E-state index contributed by atoms with van der Waals surface area (Å²) in [4.78, 5) is 15.8. The number of rotatable bonds is 6. The first kappa shape index (κ1) is 19.4. The molecule has 6 nitrogen and oxygen atoms in total. The Morgan fingerprint density at radius 1 is 0.931 bits per heavy atom. The predicted molar refractivity (Wildman–Crippen MR) is 115 cm³/mol. The van der Waals surface area contributed by atoms with E-state index in [0.29, 0.717) is 23.5 Å². The normalized spacial score (nSPS) is 13.6. The average Bonchev–Trinajstić information content (AvgIpc) is 3.26. The van der Waals surface area contributed by atoms with E-state index in [2.05, 4.69) is 49.5 Å². The van der Waals surface area contributed by atoms with Crippen LogP contribution in [0.5, 0.6) is 0 Å². The van der Waals surface area contributed by atoms with Gasteiger partial charge in [0.1, 0.15) is 5.82 Å². The molecule has 8 heteroatoms. The van der Waals surface area contributed by atoms with Gasteiger partial charge in [-0.2, -0.15) is 15.0 Å². The second-order valence-corrected chi connectivity index (χ2v) is 7.31. The van der Waals surface area contributed by atoms with Crippen LogP contribution in [0.3, 0.4) is 0 Å². The van der Waals surface area contributed by atoms with Gasteiger partial charge >= 0.3 is 0 Å². The molecule has 0 spiro atoms. The third-order valence-electron chi connectivity index (χ3n) is 4.81. The number of hydrogen-bond acceptors (Lipinski definition) is 6. The van der Waals surface area contributed by atoms with Gasteiger partial charge in [-0.15, -0.1) is 0 Å². The Bertz CT molecular complexity index is 989. The first-order chi connectivity index (χ1) is 14.1. The molecule has 1 fully saturated rings. The molecule has 29 heavy (non-hydrogen) atoms. The fourth-order valence-electron chi connectivity index (χ4n) is 3.19. The lowest BCUT2D eigenvalue weighted by molar-refractivity contribution is 0.628. The monoisotopic (exact) mass is 412 g/mol. The van der Waals surface area contributed by atoms with Crippen molar-refractivity contribution in [1.82, 2.24) is 15.0 Å². The highest BCUT2D eigenvalue weighted by molar-refractivity contribution is 6.31. The zero-order valence-corrected chi connectivity index (χ0v) is 16.9. The maximum Gasteiger partial charge on any atom is 0.233 e. The summed E-state index contributed by atoms with van der Waals surface area (Å²) in [5.74, 6) is 0.962. The van der Waals surface area contributed by atoms with E-state index in [4.69, 9.17) is 11.6 Å². The Morgan fingerprint density at radius 2 is 1.55 bits per heavy atom. The summed E-state index contributed by atoms with van der Waals surface area (Å²) in [6, 6.07) is 12.6. The van der Waals surface area contributed by atoms with Crippen LogP contribution in [-0.2, 0) is 6.42 Å². The molecule has 3 aromatic rings. The van der Waals surface area contributed by atoms with Crippen LogP contribution in [0.25, 0.3) is 0 Å². The molecule has 1 aromatic heterocycles. The molecule has 0 atom stereocenters. The fraction of sp³-hybridized carbons (Fsp3) is 0.286. The van der Waals surface area contributed by atoms with Gasteiger partial charge in [-0.05, 0) is 55.2 Å². The van der Waals surface area contributed by atoms with Crippen LogP contribution in [0, 0.1) is 5.82 Å². The van der Waals surface area contributed by atoms with Crippen molar-refractivity contribution in [3.8, 4) is 0 Å². The van der Waals surface area contributed by atoms with E-state index in [9.17, 15) is 4.39 Å². The fourth-order valence-corrected chi connectivity index (χ4v) is 3.37. The number of nitrogens with zero attached hydrogens (tertiary/aromatic N) is 4. The van der Waals surface area contributed by atoms with Crippen molar-refractivity contribution in [2.75, 3.05) is 28.6 Å². The molecule has 150 valence electrons. The Balaban J connectivity index is 1.63. The van der Waals surface area contributed by atoms with Crippen LogP contribution in [-0.4, -0.2) is 28.0 Å². The minimum atomic E-state index is -0.469. The molecule has 1 saturated heterocycles. The van der Waals surface area contributed by atoms with Crippen LogP contribution in [0.1, 0.15) is 25.3 Å². The number of benzene rings is 2. The standard InChI is InChI=1S/C21H22ClFN6/c1-2-14-5-7-15(8-6-14)24-19-26-20(25-16-9-10-18(23)17(22)13-16)28-21(27-19)29-11-3-4-12-29/h5-10,13H,2-4,11-12H2,1H3,(H2,24,25,26,27,28). The summed E-state index contributed by atoms with van der Waals surface area (Å²) in [7, 11) is 0. The van der Waals surface area contributed by atoms with Gasteiger partial charge in [-0.1, -0.05) is 30.7 Å². The number of anilines is 5. The van der Waals surface area contributed by atoms with Crippen molar-refractivity contribution >= 4 is 40.8 Å². The average molecular weight is 413 g/mol. The second-order valence-electron chi connectivity index (χ2n) is 6.91. The summed E-state index contributed by atoms with van der Waals surface area (Å²) < 4.78 is 13.4. The van der Waals surface area contributed by atoms with E-state index >= 15 is 0 Å². The molecule has 0 bridgehead atoms. The minimum Gasteiger partial charge on any atom is -0.341 e. The van der Waals surface area contributed by atoms with Gasteiger partial charge in [0.15, 0.2) is 0 Å². The summed E-state index contributed by atoms with van der Waals surface area (Å²) in [5, 5.41) is 6.39. The summed E-state index contributed by atoms with van der Waals surface area (Å²) in [6.45, 7) is 3.95. The zero-order valence-electron chi connectivity index (χ0n) is 16.1. The second kappa shape index (κ2) is 8.61. The van der Waals surface area contributed by atoms with Gasteiger partial charge in [-0.3, -0.25) is 0 Å². The lowest BCUT2D eigenvalue weighted by Gasteiger charge is -2.17. The molecule has 2 N–H and O–H groups in total. The smallest absolute Gasteiger partial charge is 0.233 e. The van der Waals surface area contributed by atoms with E-state index < -0.39 is 5.82 Å². The zero-order chi connectivity index (χ0) is 20.2. The van der Waals surface area contributed by atoms with E-state index in [1.165, 1.54) is 17.7 Å². The molecule has 1 aliphatic heterocycles. The minimum absolute atomic E-state index is 0.0400. The topological polar surface area (TPSA) is 66.0 Å². The molecule has 0 unspecified atom stereocenters. The number of aromatic nitrogens is 3. The SMILES string of the molecule is CCc1ccc(Nc2nc(Nc3ccc(F)c(Cl)c3)nc(N3CCCC3)n2)cc1. The molecular weight excluding hydrogens is 391 g/mol. The lowest BCUT2D eigenvalue weighted by Crippen LogP contribution is -2.21. The van der Waals surface area contributed by atoms with Crippen LogP contribution < -0.4 is 15.5 Å². The third kappa shape index (κ3) is 4.74. The molecule has 0 radical (unpaired) electrons. The molecule has 0 saturated carbocycles. The van der Waals surface area contributed by atoms with Crippen LogP contribution in [0.15, 0.2) is 42.5 Å². The summed E-state index contributed by atoms with van der Waals surface area (Å²) in [5.41, 5.74) is 2.77. The first-order valence-corrected chi connectivity index (χ1v) is 10.1. The van der Waals surface area contributed by atoms with Gasteiger partial charge < -0.3 is 15.5 Å². The number of nitrogens with one attached hydrogen (secondary N) is 2. The molecule has 1 aliphatic rings. The van der Waals surface area contributed by atoms with Gasteiger partial charge in [0.05, 0.1) is 5.02 Å². The summed E-state index contributed by atoms with van der Waals surface area (Å²) in [6.07, 6.45) is 3.21. The Hall–Kier alpha value is -2.93. The van der Waals surface area contributed by atoms with Crippen LogP contribution in [0.4, 0.5) is 33.6 Å². The molecular formula is C21H22ClFN6. The Labute approximate surface area is 174 Å². The Morgan fingerprint density at radius 3 is 2.17 bits per heavy atom. The number of hydrogen-bond donors (Lipinski definition) is 2. The Kier molecular flexibility index (Phi) is 5.76. The van der Waals surface area contributed by atoms with Crippen molar-refractivity contribution in [3.63, 3.8) is 0 Å². The molecule has 2 heterocycles. The van der Waals surface area contributed by atoms with Gasteiger partial charge in [-0.25, -0.2) is 4.39 Å². The van der Waals surface area contributed by atoms with E-state index in [-0.39, 0.29) is 5.02 Å². The maximum absolute atomic E-state index is 13.4. The number of halogens is 2. The lowest BCUT2D eigenvalue weighted by atomic mass is 10.1. The van der Waals surface area contributed by atoms with Crippen molar-refractivity contribution in [1.29, 1.82) is 0 Å². The molecule has 4 rings (SSSR count). The van der Waals surface area contributed by atoms with Crippen molar-refractivity contribution in [2.24, 2.45) is 0 Å². The largest absolute Gasteiger partial charge is 0.341 e. The quantitative estimate of drug-likeness (QED) is 0.571.